The van der Waals surface area contributed by atoms with Crippen molar-refractivity contribution in [3.8, 4) is 5.75 Å². The van der Waals surface area contributed by atoms with E-state index in [1.54, 1.807) is 0 Å². The Labute approximate surface area is 70.8 Å². The smallest absolute Gasteiger partial charge is 0.134 e. The zero-order chi connectivity index (χ0) is 7.68. The average Bonchev–Trinajstić information content (AvgIpc) is 2.04. The molecule has 1 aromatic carbocycles. The lowest BCUT2D eigenvalue weighted by molar-refractivity contribution is 0.384. The van der Waals surface area contributed by atoms with Crippen LogP contribution in [0.25, 0.3) is 0 Å². The summed E-state index contributed by atoms with van der Waals surface area (Å²) in [5.74, 6) is 2.96. The highest BCUT2D eigenvalue weighted by molar-refractivity contribution is 7.98. The molecule has 0 spiro atoms. The van der Waals surface area contributed by atoms with E-state index in [2.05, 4.69) is 25.1 Å². The molecule has 1 aromatic rings. The number of ether oxygens (including phenoxy) is 1. The number of thioether (sulfide) groups is 1. The molecule has 11 heavy (non-hydrogen) atoms. The molecule has 0 saturated heterocycles. The predicted molar refractivity (Wildman–Crippen MR) is 48.0 cm³/mol. The van der Waals surface area contributed by atoms with Gasteiger partial charge in [0.2, 0.25) is 0 Å². The molecule has 1 aliphatic rings. The fourth-order valence-electron chi connectivity index (χ4n) is 1.22. The number of hydrogen-bond donors (Lipinski definition) is 0. The molecule has 0 aliphatic carbocycles. The summed E-state index contributed by atoms with van der Waals surface area (Å²) in [4.78, 5) is 0. The second-order valence-corrected chi connectivity index (χ2v) is 3.65. The van der Waals surface area contributed by atoms with Gasteiger partial charge in [-0.25, -0.2) is 0 Å². The molecule has 0 unspecified atom stereocenters. The van der Waals surface area contributed by atoms with Crippen LogP contribution in [-0.2, 0) is 5.75 Å². The molecule has 0 amide bonds. The van der Waals surface area contributed by atoms with Crippen molar-refractivity contribution in [2.24, 2.45) is 0 Å². The van der Waals surface area contributed by atoms with Crippen LogP contribution >= 0.6 is 11.8 Å². The summed E-state index contributed by atoms with van der Waals surface area (Å²) in [7, 11) is 0. The highest BCUT2D eigenvalue weighted by Crippen LogP contribution is 2.29. The van der Waals surface area contributed by atoms with Crippen molar-refractivity contribution in [1.82, 2.24) is 0 Å². The SMILES string of the molecule is Cc1ccc2c(c1)CSCO2. The van der Waals surface area contributed by atoms with Crippen molar-refractivity contribution in [1.29, 1.82) is 0 Å². The number of fused-ring (bicyclic) bond motifs is 1. The Morgan fingerprint density at radius 1 is 1.45 bits per heavy atom. The molecule has 1 heterocycles. The van der Waals surface area contributed by atoms with Gasteiger partial charge in [-0.2, -0.15) is 0 Å². The molecular weight excluding hydrogens is 156 g/mol. The first-order valence-electron chi connectivity index (χ1n) is 3.66. The van der Waals surface area contributed by atoms with Gasteiger partial charge in [-0.1, -0.05) is 17.7 Å². The molecule has 1 aliphatic heterocycles. The van der Waals surface area contributed by atoms with Gasteiger partial charge < -0.3 is 4.74 Å². The van der Waals surface area contributed by atoms with E-state index in [-0.39, 0.29) is 0 Å². The summed E-state index contributed by atoms with van der Waals surface area (Å²) >= 11 is 1.82. The van der Waals surface area contributed by atoms with Crippen LogP contribution in [-0.4, -0.2) is 5.94 Å². The van der Waals surface area contributed by atoms with Gasteiger partial charge in [0.25, 0.3) is 0 Å². The fourth-order valence-corrected chi connectivity index (χ4v) is 1.96. The first kappa shape index (κ1) is 7.04. The van der Waals surface area contributed by atoms with Gasteiger partial charge in [-0.15, -0.1) is 11.8 Å². The minimum Gasteiger partial charge on any atom is -0.483 e. The number of benzene rings is 1. The summed E-state index contributed by atoms with van der Waals surface area (Å²) in [5.41, 5.74) is 2.65. The molecule has 0 saturated carbocycles. The van der Waals surface area contributed by atoms with Crippen LogP contribution in [0.5, 0.6) is 5.75 Å². The van der Waals surface area contributed by atoms with Gasteiger partial charge in [-0.3, -0.25) is 0 Å². The van der Waals surface area contributed by atoms with Crippen molar-refractivity contribution in [2.75, 3.05) is 5.94 Å². The summed E-state index contributed by atoms with van der Waals surface area (Å²) in [6.45, 7) is 2.11. The van der Waals surface area contributed by atoms with E-state index >= 15 is 0 Å². The van der Waals surface area contributed by atoms with Crippen molar-refractivity contribution in [3.63, 3.8) is 0 Å². The van der Waals surface area contributed by atoms with Crippen LogP contribution in [0, 0.1) is 6.92 Å². The minimum atomic E-state index is 0.802. The molecule has 1 nitrogen and oxygen atoms in total. The van der Waals surface area contributed by atoms with Gasteiger partial charge >= 0.3 is 0 Å². The molecule has 0 atom stereocenters. The van der Waals surface area contributed by atoms with Gasteiger partial charge in [-0.05, 0) is 13.0 Å². The van der Waals surface area contributed by atoms with Gasteiger partial charge in [0.15, 0.2) is 0 Å². The van der Waals surface area contributed by atoms with E-state index in [1.165, 1.54) is 11.1 Å². The molecule has 58 valence electrons. The van der Waals surface area contributed by atoms with Crippen LogP contribution in [0.15, 0.2) is 18.2 Å². The first-order valence-corrected chi connectivity index (χ1v) is 4.82. The van der Waals surface area contributed by atoms with Crippen molar-refractivity contribution in [3.05, 3.63) is 29.3 Å². The second kappa shape index (κ2) is 2.78. The quantitative estimate of drug-likeness (QED) is 0.586. The molecule has 0 fully saturated rings. The average molecular weight is 166 g/mol. The van der Waals surface area contributed by atoms with Gasteiger partial charge in [0.1, 0.15) is 11.7 Å². The Kier molecular flexibility index (Phi) is 1.78. The van der Waals surface area contributed by atoms with Crippen molar-refractivity contribution < 1.29 is 4.74 Å². The number of aryl methyl sites for hydroxylation is 1. The Morgan fingerprint density at radius 2 is 2.36 bits per heavy atom. The standard InChI is InChI=1S/C9H10OS/c1-7-2-3-9-8(4-7)5-11-6-10-9/h2-4H,5-6H2,1H3. The molecule has 0 aromatic heterocycles. The van der Waals surface area contributed by atoms with Crippen molar-refractivity contribution >= 4 is 11.8 Å². The lowest BCUT2D eigenvalue weighted by atomic mass is 10.1. The van der Waals surface area contributed by atoms with E-state index in [4.69, 9.17) is 4.74 Å². The van der Waals surface area contributed by atoms with Crippen LogP contribution < -0.4 is 4.74 Å². The Balaban J connectivity index is 2.43. The zero-order valence-electron chi connectivity index (χ0n) is 6.46. The summed E-state index contributed by atoms with van der Waals surface area (Å²) in [6.07, 6.45) is 0. The fraction of sp³-hybridized carbons (Fsp3) is 0.333. The van der Waals surface area contributed by atoms with Crippen LogP contribution in [0.3, 0.4) is 0 Å². The topological polar surface area (TPSA) is 9.23 Å². The Morgan fingerprint density at radius 3 is 3.27 bits per heavy atom. The largest absolute Gasteiger partial charge is 0.483 e. The van der Waals surface area contributed by atoms with Crippen LogP contribution in [0.2, 0.25) is 0 Å². The van der Waals surface area contributed by atoms with Crippen molar-refractivity contribution in [2.45, 2.75) is 12.7 Å². The maximum absolute atomic E-state index is 5.44. The molecular formula is C9H10OS. The maximum atomic E-state index is 5.44. The zero-order valence-corrected chi connectivity index (χ0v) is 7.28. The highest BCUT2D eigenvalue weighted by Gasteiger charge is 2.08. The third kappa shape index (κ3) is 1.36. The molecule has 2 rings (SSSR count). The normalized spacial score (nSPS) is 15.4. The lowest BCUT2D eigenvalue weighted by Gasteiger charge is -2.16. The van der Waals surface area contributed by atoms with Gasteiger partial charge in [0, 0.05) is 11.3 Å². The van der Waals surface area contributed by atoms with E-state index in [0.717, 1.165) is 17.4 Å². The van der Waals surface area contributed by atoms with Crippen LogP contribution in [0.1, 0.15) is 11.1 Å². The second-order valence-electron chi connectivity index (χ2n) is 2.72. The third-order valence-electron chi connectivity index (χ3n) is 1.77. The summed E-state index contributed by atoms with van der Waals surface area (Å²) < 4.78 is 5.44. The highest BCUT2D eigenvalue weighted by atomic mass is 32.2. The Bertz CT molecular complexity index is 270. The van der Waals surface area contributed by atoms with Gasteiger partial charge in [0.05, 0.1) is 0 Å². The van der Waals surface area contributed by atoms with Crippen LogP contribution in [0.4, 0.5) is 0 Å². The summed E-state index contributed by atoms with van der Waals surface area (Å²) in [5, 5.41) is 0. The molecule has 2 heteroatoms. The maximum Gasteiger partial charge on any atom is 0.134 e. The number of hydrogen-bond acceptors (Lipinski definition) is 2. The first-order chi connectivity index (χ1) is 5.36. The lowest BCUT2D eigenvalue weighted by Crippen LogP contribution is -2.02. The Hall–Kier alpha value is -0.630. The minimum absolute atomic E-state index is 0.802. The molecule has 0 N–H and O–H groups in total. The number of rotatable bonds is 0. The predicted octanol–water partition coefficient (Wildman–Crippen LogP) is 2.58. The van der Waals surface area contributed by atoms with E-state index < -0.39 is 0 Å². The summed E-state index contributed by atoms with van der Waals surface area (Å²) in [6, 6.07) is 6.35. The third-order valence-corrected chi connectivity index (χ3v) is 2.57. The monoisotopic (exact) mass is 166 g/mol. The van der Waals surface area contributed by atoms with E-state index in [0.29, 0.717) is 0 Å². The van der Waals surface area contributed by atoms with E-state index in [1.807, 2.05) is 11.8 Å². The van der Waals surface area contributed by atoms with E-state index in [9.17, 15) is 0 Å². The molecule has 0 bridgehead atoms. The molecule has 0 radical (unpaired) electrons.